The molecular weight excluding hydrogens is 152 g/mol. The Hall–Kier alpha value is -1.84. The van der Waals surface area contributed by atoms with Crippen LogP contribution >= 0.6 is 0 Å². The van der Waals surface area contributed by atoms with Crippen molar-refractivity contribution in [3.63, 3.8) is 0 Å². The normalized spacial score (nSPS) is 10.0. The van der Waals surface area contributed by atoms with Crippen molar-refractivity contribution in [3.8, 4) is 0 Å². The molecule has 0 atom stereocenters. The fraction of sp³-hybridized carbons (Fsp3) is 0. The minimum absolute atomic E-state index is 0.713. The van der Waals surface area contributed by atoms with Crippen LogP contribution in [0.2, 0.25) is 0 Å². The quantitative estimate of drug-likeness (QED) is 0.653. The van der Waals surface area contributed by atoms with Gasteiger partial charge in [-0.15, -0.1) is 0 Å². The highest BCUT2D eigenvalue weighted by molar-refractivity contribution is 4.93. The summed E-state index contributed by atoms with van der Waals surface area (Å²) in [6.45, 7) is 3.84. The predicted octanol–water partition coefficient (Wildman–Crippen LogP) is 0.873. The van der Waals surface area contributed by atoms with Gasteiger partial charge in [-0.05, 0) is 12.1 Å². The molecule has 0 aromatic carbocycles. The molecule has 4 heteroatoms. The molecule has 2 rings (SSSR count). The monoisotopic (exact) mass is 160 g/mol. The van der Waals surface area contributed by atoms with E-state index in [1.165, 1.54) is 0 Å². The molecule has 0 saturated heterocycles. The second-order valence-corrected chi connectivity index (χ2v) is 2.32. The van der Waals surface area contributed by atoms with E-state index >= 15 is 0 Å². The smallest absolute Gasteiger partial charge is 0.147 e. The lowest BCUT2D eigenvalue weighted by atomic mass is 10.7. The highest BCUT2D eigenvalue weighted by Gasteiger charge is 1.97. The van der Waals surface area contributed by atoms with Gasteiger partial charge in [0, 0.05) is 24.8 Å². The van der Waals surface area contributed by atoms with E-state index < -0.39 is 0 Å². The van der Waals surface area contributed by atoms with E-state index in [2.05, 4.69) is 16.8 Å². The van der Waals surface area contributed by atoms with Crippen LogP contribution in [0.1, 0.15) is 0 Å². The fourth-order valence-corrected chi connectivity index (χ4v) is 0.948. The summed E-state index contributed by atoms with van der Waals surface area (Å²) in [6, 6.07) is 3.68. The second kappa shape index (κ2) is 2.65. The lowest BCUT2D eigenvalue weighted by Crippen LogP contribution is -2.10. The first-order valence-corrected chi connectivity index (χ1v) is 3.57. The highest BCUT2D eigenvalue weighted by atomic mass is 15.4. The average Bonchev–Trinajstić information content (AvgIpc) is 2.77. The SMILES string of the molecule is C=C(n1cccn1)n1cccn1. The summed E-state index contributed by atoms with van der Waals surface area (Å²) in [5.74, 6) is 0.713. The Morgan fingerprint density at radius 3 is 1.83 bits per heavy atom. The maximum absolute atomic E-state index is 4.03. The van der Waals surface area contributed by atoms with E-state index in [0.717, 1.165) is 0 Å². The third-order valence-electron chi connectivity index (χ3n) is 1.54. The second-order valence-electron chi connectivity index (χ2n) is 2.32. The third-order valence-corrected chi connectivity index (χ3v) is 1.54. The molecule has 2 heterocycles. The summed E-state index contributed by atoms with van der Waals surface area (Å²) in [5, 5.41) is 8.06. The Bertz CT molecular complexity index is 321. The first kappa shape index (κ1) is 6.84. The lowest BCUT2D eigenvalue weighted by Gasteiger charge is -2.03. The van der Waals surface area contributed by atoms with Crippen LogP contribution in [0.4, 0.5) is 0 Å². The average molecular weight is 160 g/mol. The largest absolute Gasteiger partial charge is 0.223 e. The van der Waals surface area contributed by atoms with Crippen molar-refractivity contribution in [2.24, 2.45) is 0 Å². The van der Waals surface area contributed by atoms with Gasteiger partial charge in [0.15, 0.2) is 0 Å². The van der Waals surface area contributed by atoms with E-state index in [-0.39, 0.29) is 0 Å². The summed E-state index contributed by atoms with van der Waals surface area (Å²) < 4.78 is 3.32. The first-order valence-electron chi connectivity index (χ1n) is 3.57. The van der Waals surface area contributed by atoms with Gasteiger partial charge in [-0.2, -0.15) is 10.2 Å². The predicted molar refractivity (Wildman–Crippen MR) is 44.1 cm³/mol. The highest BCUT2D eigenvalue weighted by Crippen LogP contribution is 1.96. The molecule has 60 valence electrons. The Morgan fingerprint density at radius 2 is 1.50 bits per heavy atom. The van der Waals surface area contributed by atoms with Gasteiger partial charge in [-0.1, -0.05) is 6.58 Å². The van der Waals surface area contributed by atoms with Gasteiger partial charge in [0.05, 0.1) is 0 Å². The molecular formula is C8H8N4. The minimum atomic E-state index is 0.713. The zero-order chi connectivity index (χ0) is 8.39. The maximum atomic E-state index is 4.03. The molecule has 0 fully saturated rings. The number of hydrogen-bond donors (Lipinski definition) is 0. The summed E-state index contributed by atoms with van der Waals surface area (Å²) in [5.41, 5.74) is 0. The number of aromatic nitrogens is 4. The van der Waals surface area contributed by atoms with E-state index in [0.29, 0.717) is 5.82 Å². The van der Waals surface area contributed by atoms with Gasteiger partial charge in [-0.25, -0.2) is 9.36 Å². The number of hydrogen-bond acceptors (Lipinski definition) is 2. The molecule has 0 aliphatic rings. The molecule has 0 aliphatic heterocycles. The molecule has 0 spiro atoms. The van der Waals surface area contributed by atoms with Crippen LogP contribution in [0.5, 0.6) is 0 Å². The van der Waals surface area contributed by atoms with Crippen molar-refractivity contribution in [3.05, 3.63) is 49.3 Å². The van der Waals surface area contributed by atoms with Crippen LogP contribution in [0.15, 0.2) is 43.5 Å². The van der Waals surface area contributed by atoms with E-state index in [9.17, 15) is 0 Å². The Kier molecular flexibility index (Phi) is 1.51. The van der Waals surface area contributed by atoms with Crippen molar-refractivity contribution in [2.75, 3.05) is 0 Å². The van der Waals surface area contributed by atoms with Crippen molar-refractivity contribution < 1.29 is 0 Å². The van der Waals surface area contributed by atoms with Gasteiger partial charge < -0.3 is 0 Å². The van der Waals surface area contributed by atoms with Crippen molar-refractivity contribution in [2.45, 2.75) is 0 Å². The van der Waals surface area contributed by atoms with Crippen molar-refractivity contribution in [1.29, 1.82) is 0 Å². The van der Waals surface area contributed by atoms with Crippen LogP contribution in [-0.4, -0.2) is 19.6 Å². The third kappa shape index (κ3) is 1.03. The molecule has 0 amide bonds. The lowest BCUT2D eigenvalue weighted by molar-refractivity contribution is 0.631. The standard InChI is InChI=1S/C8H8N4/c1-8(11-6-2-4-9-11)12-7-3-5-10-12/h2-7H,1H2. The van der Waals surface area contributed by atoms with Gasteiger partial charge >= 0.3 is 0 Å². The number of nitrogens with zero attached hydrogens (tertiary/aromatic N) is 4. The van der Waals surface area contributed by atoms with Gasteiger partial charge in [-0.3, -0.25) is 0 Å². The van der Waals surface area contributed by atoms with Crippen LogP contribution in [0.25, 0.3) is 0 Å². The molecule has 2 aromatic rings. The fourth-order valence-electron chi connectivity index (χ4n) is 0.948. The molecule has 0 bridgehead atoms. The van der Waals surface area contributed by atoms with Crippen molar-refractivity contribution >= 4 is 0 Å². The summed E-state index contributed by atoms with van der Waals surface area (Å²) in [7, 11) is 0. The molecule has 0 saturated carbocycles. The zero-order valence-corrected chi connectivity index (χ0v) is 6.46. The molecule has 0 radical (unpaired) electrons. The van der Waals surface area contributed by atoms with Crippen LogP contribution in [0, 0.1) is 5.82 Å². The van der Waals surface area contributed by atoms with E-state index in [4.69, 9.17) is 0 Å². The molecule has 12 heavy (non-hydrogen) atoms. The summed E-state index contributed by atoms with van der Waals surface area (Å²) >= 11 is 0. The van der Waals surface area contributed by atoms with Gasteiger partial charge in [0.2, 0.25) is 0 Å². The topological polar surface area (TPSA) is 35.6 Å². The molecule has 0 aliphatic carbocycles. The maximum Gasteiger partial charge on any atom is 0.147 e. The summed E-state index contributed by atoms with van der Waals surface area (Å²) in [4.78, 5) is 0. The first-order chi connectivity index (χ1) is 5.88. The Balaban J connectivity index is 2.34. The Labute approximate surface area is 69.7 Å². The summed E-state index contributed by atoms with van der Waals surface area (Å²) in [6.07, 6.45) is 7.05. The zero-order valence-electron chi connectivity index (χ0n) is 6.46. The molecule has 0 unspecified atom stereocenters. The van der Waals surface area contributed by atoms with Crippen LogP contribution in [0.3, 0.4) is 0 Å². The van der Waals surface area contributed by atoms with E-state index in [1.807, 2.05) is 24.5 Å². The molecule has 2 aromatic heterocycles. The molecule has 0 N–H and O–H groups in total. The van der Waals surface area contributed by atoms with Gasteiger partial charge in [0.1, 0.15) is 5.82 Å². The number of rotatable bonds is 2. The van der Waals surface area contributed by atoms with E-state index in [1.54, 1.807) is 21.8 Å². The minimum Gasteiger partial charge on any atom is -0.223 e. The van der Waals surface area contributed by atoms with Crippen molar-refractivity contribution in [1.82, 2.24) is 19.6 Å². The van der Waals surface area contributed by atoms with Gasteiger partial charge in [0.25, 0.3) is 0 Å². The van der Waals surface area contributed by atoms with Crippen LogP contribution < -0.4 is 0 Å². The molecule has 4 nitrogen and oxygen atoms in total. The Morgan fingerprint density at radius 1 is 1.00 bits per heavy atom. The van der Waals surface area contributed by atoms with Crippen LogP contribution in [-0.2, 0) is 0 Å².